The molecule has 4 nitrogen and oxygen atoms in total. The van der Waals surface area contributed by atoms with Crippen LogP contribution in [-0.4, -0.2) is 38.5 Å². The summed E-state index contributed by atoms with van der Waals surface area (Å²) in [6.07, 6.45) is -0.538. The number of benzene rings is 1. The van der Waals surface area contributed by atoms with Gasteiger partial charge < -0.3 is 20.5 Å². The Hall–Kier alpha value is -0.810. The highest BCUT2D eigenvalue weighted by atomic mass is 35.5. The number of aliphatic hydroxyl groups is 1. The zero-order valence-corrected chi connectivity index (χ0v) is 11.8. The lowest BCUT2D eigenvalue weighted by molar-refractivity contribution is 0.0695. The van der Waals surface area contributed by atoms with Gasteiger partial charge in [-0.2, -0.15) is 0 Å². The molecule has 18 heavy (non-hydrogen) atoms. The Kier molecular flexibility index (Phi) is 5.88. The number of methoxy groups -OCH3 is 1. The lowest BCUT2D eigenvalue weighted by atomic mass is 10.1. The van der Waals surface area contributed by atoms with Crippen LogP contribution >= 0.6 is 11.6 Å². The molecule has 102 valence electrons. The van der Waals surface area contributed by atoms with Gasteiger partial charge in [0.2, 0.25) is 0 Å². The fourth-order valence-electron chi connectivity index (χ4n) is 1.78. The van der Waals surface area contributed by atoms with Gasteiger partial charge >= 0.3 is 0 Å². The van der Waals surface area contributed by atoms with Gasteiger partial charge in [-0.1, -0.05) is 17.7 Å². The van der Waals surface area contributed by atoms with Crippen molar-refractivity contribution in [3.63, 3.8) is 0 Å². The number of rotatable bonds is 6. The summed E-state index contributed by atoms with van der Waals surface area (Å²) >= 11 is 6.22. The number of anilines is 1. The van der Waals surface area contributed by atoms with Crippen LogP contribution in [0.15, 0.2) is 18.2 Å². The molecule has 0 fully saturated rings. The quantitative estimate of drug-likeness (QED) is 0.829. The van der Waals surface area contributed by atoms with Gasteiger partial charge in [0.25, 0.3) is 0 Å². The minimum absolute atomic E-state index is 0.0408. The molecule has 3 N–H and O–H groups in total. The molecular formula is C13H21ClN2O2. The van der Waals surface area contributed by atoms with Gasteiger partial charge in [-0.25, -0.2) is 0 Å². The summed E-state index contributed by atoms with van der Waals surface area (Å²) in [4.78, 5) is 1.90. The molecule has 0 radical (unpaired) electrons. The maximum Gasteiger partial charge on any atom is 0.0947 e. The minimum atomic E-state index is -0.538. The molecule has 1 rings (SSSR count). The maximum atomic E-state index is 9.68. The zero-order chi connectivity index (χ0) is 13.7. The summed E-state index contributed by atoms with van der Waals surface area (Å²) in [6.45, 7) is 2.68. The Morgan fingerprint density at radius 3 is 2.67 bits per heavy atom. The summed E-state index contributed by atoms with van der Waals surface area (Å²) in [5, 5.41) is 10.3. The second-order valence-electron chi connectivity index (χ2n) is 4.49. The number of hydrogen-bond donors (Lipinski definition) is 2. The molecule has 0 bridgehead atoms. The third-order valence-electron chi connectivity index (χ3n) is 2.75. The molecular weight excluding hydrogens is 252 g/mol. The summed E-state index contributed by atoms with van der Waals surface area (Å²) in [6, 6.07) is 5.69. The highest BCUT2D eigenvalue weighted by molar-refractivity contribution is 6.33. The molecule has 2 atom stereocenters. The average Bonchev–Trinajstić information content (AvgIpc) is 2.28. The maximum absolute atomic E-state index is 9.68. The van der Waals surface area contributed by atoms with E-state index in [4.69, 9.17) is 22.1 Å². The van der Waals surface area contributed by atoms with Crippen LogP contribution in [0.3, 0.4) is 0 Å². The Labute approximate surface area is 113 Å². The predicted molar refractivity (Wildman–Crippen MR) is 75.2 cm³/mol. The summed E-state index contributed by atoms with van der Waals surface area (Å²) in [5.41, 5.74) is 7.67. The number of halogens is 1. The van der Waals surface area contributed by atoms with E-state index >= 15 is 0 Å². The molecule has 1 unspecified atom stereocenters. The van der Waals surface area contributed by atoms with Crippen molar-refractivity contribution in [3.8, 4) is 0 Å². The third kappa shape index (κ3) is 4.14. The first-order valence-corrected chi connectivity index (χ1v) is 6.26. The van der Waals surface area contributed by atoms with Crippen molar-refractivity contribution < 1.29 is 9.84 Å². The largest absolute Gasteiger partial charge is 0.389 e. The van der Waals surface area contributed by atoms with Crippen molar-refractivity contribution in [1.29, 1.82) is 0 Å². The van der Waals surface area contributed by atoms with Crippen molar-refractivity contribution in [2.24, 2.45) is 5.73 Å². The third-order valence-corrected chi connectivity index (χ3v) is 3.06. The monoisotopic (exact) mass is 272 g/mol. The average molecular weight is 273 g/mol. The van der Waals surface area contributed by atoms with E-state index in [1.54, 1.807) is 7.11 Å². The van der Waals surface area contributed by atoms with Crippen LogP contribution < -0.4 is 10.6 Å². The van der Waals surface area contributed by atoms with Crippen molar-refractivity contribution in [2.45, 2.75) is 19.1 Å². The molecule has 0 aliphatic rings. The van der Waals surface area contributed by atoms with Crippen LogP contribution in [0.5, 0.6) is 0 Å². The van der Waals surface area contributed by atoms with E-state index in [2.05, 4.69) is 0 Å². The first kappa shape index (κ1) is 15.2. The van der Waals surface area contributed by atoms with E-state index < -0.39 is 6.10 Å². The van der Waals surface area contributed by atoms with Gasteiger partial charge in [0.1, 0.15) is 0 Å². The van der Waals surface area contributed by atoms with Crippen molar-refractivity contribution >= 4 is 17.3 Å². The number of aliphatic hydroxyl groups excluding tert-OH is 1. The lowest BCUT2D eigenvalue weighted by Crippen LogP contribution is -2.32. The Bertz CT molecular complexity index is 385. The van der Waals surface area contributed by atoms with Crippen molar-refractivity contribution in [3.05, 3.63) is 28.8 Å². The molecule has 1 aromatic rings. The predicted octanol–water partition coefficient (Wildman–Crippen LogP) is 1.80. The molecule has 0 saturated carbocycles. The van der Waals surface area contributed by atoms with Gasteiger partial charge in [0, 0.05) is 26.7 Å². The molecule has 1 aromatic carbocycles. The Balaban J connectivity index is 2.77. The first-order valence-electron chi connectivity index (χ1n) is 5.89. The molecule has 0 aromatic heterocycles. The van der Waals surface area contributed by atoms with Crippen LogP contribution in [0, 0.1) is 0 Å². The second-order valence-corrected chi connectivity index (χ2v) is 4.90. The molecule has 0 heterocycles. The van der Waals surface area contributed by atoms with E-state index in [1.807, 2.05) is 37.1 Å². The van der Waals surface area contributed by atoms with Gasteiger partial charge in [-0.3, -0.25) is 0 Å². The van der Waals surface area contributed by atoms with E-state index in [-0.39, 0.29) is 6.04 Å². The molecule has 0 aliphatic carbocycles. The van der Waals surface area contributed by atoms with Gasteiger partial charge in [-0.15, -0.1) is 0 Å². The van der Waals surface area contributed by atoms with Gasteiger partial charge in [-0.05, 0) is 24.6 Å². The van der Waals surface area contributed by atoms with Gasteiger partial charge in [0.05, 0.1) is 23.4 Å². The number of likely N-dealkylation sites (N-methyl/N-ethyl adjacent to an activating group) is 1. The first-order chi connectivity index (χ1) is 8.45. The normalized spacial score (nSPS) is 14.3. The topological polar surface area (TPSA) is 58.7 Å². The Morgan fingerprint density at radius 2 is 2.17 bits per heavy atom. The van der Waals surface area contributed by atoms with E-state index in [0.717, 1.165) is 11.3 Å². The van der Waals surface area contributed by atoms with Crippen LogP contribution in [0.4, 0.5) is 5.69 Å². The van der Waals surface area contributed by atoms with Crippen molar-refractivity contribution in [2.75, 3.05) is 32.2 Å². The highest BCUT2D eigenvalue weighted by Crippen LogP contribution is 2.27. The van der Waals surface area contributed by atoms with Crippen LogP contribution in [0.25, 0.3) is 0 Å². The van der Waals surface area contributed by atoms with Crippen LogP contribution in [0.2, 0.25) is 5.02 Å². The zero-order valence-electron chi connectivity index (χ0n) is 11.1. The second kappa shape index (κ2) is 6.95. The molecule has 5 heteroatoms. The molecule has 0 amide bonds. The minimum Gasteiger partial charge on any atom is -0.389 e. The van der Waals surface area contributed by atoms with E-state index in [1.165, 1.54) is 0 Å². The van der Waals surface area contributed by atoms with Crippen LogP contribution in [0.1, 0.15) is 18.5 Å². The SMILES string of the molecule is COCC(O)CN(C)c1ccc([C@@H](C)N)cc1Cl. The molecule has 0 aliphatic heterocycles. The number of nitrogens with zero attached hydrogens (tertiary/aromatic N) is 1. The fourth-order valence-corrected chi connectivity index (χ4v) is 2.11. The van der Waals surface area contributed by atoms with Crippen LogP contribution in [-0.2, 0) is 4.74 Å². The van der Waals surface area contributed by atoms with E-state index in [9.17, 15) is 5.11 Å². The molecule has 0 spiro atoms. The summed E-state index contributed by atoms with van der Waals surface area (Å²) in [7, 11) is 3.44. The Morgan fingerprint density at radius 1 is 1.50 bits per heavy atom. The molecule has 0 saturated heterocycles. The van der Waals surface area contributed by atoms with Crippen molar-refractivity contribution in [1.82, 2.24) is 0 Å². The number of hydrogen-bond acceptors (Lipinski definition) is 4. The van der Waals surface area contributed by atoms with Gasteiger partial charge in [0.15, 0.2) is 0 Å². The standard InChI is InChI=1S/C13H21ClN2O2/c1-9(15)10-4-5-13(12(14)6-10)16(2)7-11(17)8-18-3/h4-6,9,11,17H,7-8,15H2,1-3H3/t9-,11?/m1/s1. The summed E-state index contributed by atoms with van der Waals surface area (Å²) in [5.74, 6) is 0. The number of nitrogens with two attached hydrogens (primary N) is 1. The van der Waals surface area contributed by atoms with E-state index in [0.29, 0.717) is 18.2 Å². The summed E-state index contributed by atoms with van der Waals surface area (Å²) < 4.78 is 4.90. The highest BCUT2D eigenvalue weighted by Gasteiger charge is 2.12. The fraction of sp³-hybridized carbons (Fsp3) is 0.538. The smallest absolute Gasteiger partial charge is 0.0947 e. The lowest BCUT2D eigenvalue weighted by Gasteiger charge is -2.24. The number of ether oxygens (including phenoxy) is 1.